The Morgan fingerprint density at radius 3 is 2.69 bits per heavy atom. The lowest BCUT2D eigenvalue weighted by molar-refractivity contribution is -0.136. The molecule has 1 aliphatic rings. The van der Waals surface area contributed by atoms with Gasteiger partial charge < -0.3 is 4.90 Å². The summed E-state index contributed by atoms with van der Waals surface area (Å²) in [5.74, 6) is -0.481. The number of rotatable bonds is 6. The second kappa shape index (κ2) is 8.45. The molecule has 3 rings (SSSR count). The van der Waals surface area contributed by atoms with Crippen LogP contribution < -0.4 is 0 Å². The highest BCUT2D eigenvalue weighted by molar-refractivity contribution is 7.89. The Kier molecular flexibility index (Phi) is 6.35. The SMILES string of the molecule is CCn1ncc(Cl)c1CN(C)C(=O)[C@H]1CCCN(S(=O)(=O)c2cnn(C)c2C)C1. The first kappa shape index (κ1) is 21.8. The van der Waals surface area contributed by atoms with Gasteiger partial charge >= 0.3 is 0 Å². The molecule has 1 fully saturated rings. The molecule has 1 saturated heterocycles. The van der Waals surface area contributed by atoms with E-state index >= 15 is 0 Å². The monoisotopic (exact) mass is 442 g/mol. The molecule has 0 radical (unpaired) electrons. The third kappa shape index (κ3) is 4.19. The minimum Gasteiger partial charge on any atom is -0.340 e. The van der Waals surface area contributed by atoms with Gasteiger partial charge in [0.15, 0.2) is 0 Å². The molecule has 29 heavy (non-hydrogen) atoms. The molecule has 1 aliphatic heterocycles. The molecule has 11 heteroatoms. The van der Waals surface area contributed by atoms with Gasteiger partial charge in [0.05, 0.1) is 41.3 Å². The lowest BCUT2D eigenvalue weighted by Crippen LogP contribution is -2.45. The minimum absolute atomic E-state index is 0.0901. The fraction of sp³-hybridized carbons (Fsp3) is 0.611. The normalized spacial score (nSPS) is 18.2. The highest BCUT2D eigenvalue weighted by Gasteiger charge is 2.36. The van der Waals surface area contributed by atoms with Gasteiger partial charge in [-0.05, 0) is 26.7 Å². The summed E-state index contributed by atoms with van der Waals surface area (Å²) in [6, 6.07) is 0. The molecule has 2 aromatic rings. The highest BCUT2D eigenvalue weighted by Crippen LogP contribution is 2.27. The van der Waals surface area contributed by atoms with Crippen molar-refractivity contribution in [3.05, 3.63) is 28.8 Å². The fourth-order valence-electron chi connectivity index (χ4n) is 3.66. The van der Waals surface area contributed by atoms with Crippen LogP contribution >= 0.6 is 11.6 Å². The van der Waals surface area contributed by atoms with Gasteiger partial charge in [0.1, 0.15) is 4.90 Å². The smallest absolute Gasteiger partial charge is 0.246 e. The van der Waals surface area contributed by atoms with Crippen LogP contribution in [0.5, 0.6) is 0 Å². The van der Waals surface area contributed by atoms with Crippen molar-refractivity contribution in [2.24, 2.45) is 13.0 Å². The van der Waals surface area contributed by atoms with Crippen molar-refractivity contribution >= 4 is 27.5 Å². The van der Waals surface area contributed by atoms with E-state index in [1.165, 1.54) is 15.2 Å². The third-order valence-corrected chi connectivity index (χ3v) is 7.79. The summed E-state index contributed by atoms with van der Waals surface area (Å²) in [5.41, 5.74) is 1.36. The van der Waals surface area contributed by atoms with Gasteiger partial charge in [0, 0.05) is 33.7 Å². The number of carbonyl (C=O) groups excluding carboxylic acids is 1. The van der Waals surface area contributed by atoms with Gasteiger partial charge in [-0.2, -0.15) is 14.5 Å². The minimum atomic E-state index is -3.69. The molecule has 0 aromatic carbocycles. The number of halogens is 1. The molecule has 0 unspecified atom stereocenters. The summed E-state index contributed by atoms with van der Waals surface area (Å²) >= 11 is 6.21. The Hall–Kier alpha value is -1.91. The number of aromatic nitrogens is 4. The Morgan fingerprint density at radius 1 is 1.34 bits per heavy atom. The summed E-state index contributed by atoms with van der Waals surface area (Å²) < 4.78 is 30.8. The zero-order valence-electron chi connectivity index (χ0n) is 17.2. The van der Waals surface area contributed by atoms with Gasteiger partial charge in [0.25, 0.3) is 0 Å². The van der Waals surface area contributed by atoms with Gasteiger partial charge in [0.2, 0.25) is 15.9 Å². The average molecular weight is 443 g/mol. The maximum Gasteiger partial charge on any atom is 0.246 e. The van der Waals surface area contributed by atoms with Crippen molar-refractivity contribution in [2.75, 3.05) is 20.1 Å². The van der Waals surface area contributed by atoms with E-state index in [9.17, 15) is 13.2 Å². The van der Waals surface area contributed by atoms with Crippen LogP contribution in [0.1, 0.15) is 31.2 Å². The van der Waals surface area contributed by atoms with E-state index < -0.39 is 15.9 Å². The quantitative estimate of drug-likeness (QED) is 0.678. The van der Waals surface area contributed by atoms with E-state index in [1.54, 1.807) is 36.8 Å². The number of amides is 1. The van der Waals surface area contributed by atoms with Gasteiger partial charge in [-0.15, -0.1) is 0 Å². The van der Waals surface area contributed by atoms with Crippen LogP contribution in [-0.4, -0.2) is 63.2 Å². The van der Waals surface area contributed by atoms with Crippen LogP contribution in [0.3, 0.4) is 0 Å². The molecule has 0 aliphatic carbocycles. The maximum atomic E-state index is 13.1. The Labute approximate surface area is 176 Å². The molecule has 1 amide bonds. The van der Waals surface area contributed by atoms with Crippen LogP contribution in [-0.2, 0) is 35.0 Å². The summed E-state index contributed by atoms with van der Waals surface area (Å²) in [6.07, 6.45) is 4.23. The Bertz CT molecular complexity index is 999. The molecule has 2 aromatic heterocycles. The van der Waals surface area contributed by atoms with Crippen LogP contribution in [0.25, 0.3) is 0 Å². The van der Waals surface area contributed by atoms with Crippen molar-refractivity contribution < 1.29 is 13.2 Å². The van der Waals surface area contributed by atoms with E-state index in [1.807, 2.05) is 6.92 Å². The number of aryl methyl sites for hydroxylation is 2. The fourth-order valence-corrected chi connectivity index (χ4v) is 5.58. The Balaban J connectivity index is 1.73. The first-order valence-electron chi connectivity index (χ1n) is 9.60. The topological polar surface area (TPSA) is 93.3 Å². The molecule has 0 bridgehead atoms. The molecule has 0 saturated carbocycles. The molecular weight excluding hydrogens is 416 g/mol. The van der Waals surface area contributed by atoms with Crippen molar-refractivity contribution in [2.45, 2.75) is 44.7 Å². The second-order valence-electron chi connectivity index (χ2n) is 7.37. The van der Waals surface area contributed by atoms with Crippen molar-refractivity contribution in [1.82, 2.24) is 28.8 Å². The molecule has 160 valence electrons. The van der Waals surface area contributed by atoms with E-state index in [-0.39, 0.29) is 17.3 Å². The summed E-state index contributed by atoms with van der Waals surface area (Å²) in [7, 11) is -0.268. The molecular formula is C18H27ClN6O3S. The van der Waals surface area contributed by atoms with Crippen molar-refractivity contribution in [3.8, 4) is 0 Å². The molecule has 3 heterocycles. The van der Waals surface area contributed by atoms with Crippen LogP contribution in [0.4, 0.5) is 0 Å². The van der Waals surface area contributed by atoms with E-state index in [2.05, 4.69) is 10.2 Å². The number of sulfonamides is 1. The van der Waals surface area contributed by atoms with Crippen molar-refractivity contribution in [1.29, 1.82) is 0 Å². The maximum absolute atomic E-state index is 13.1. The Morgan fingerprint density at radius 2 is 2.07 bits per heavy atom. The van der Waals surface area contributed by atoms with Gasteiger partial charge in [-0.25, -0.2) is 8.42 Å². The van der Waals surface area contributed by atoms with Crippen LogP contribution in [0, 0.1) is 12.8 Å². The lowest BCUT2D eigenvalue weighted by Gasteiger charge is -2.33. The molecule has 0 N–H and O–H groups in total. The lowest BCUT2D eigenvalue weighted by atomic mass is 9.98. The van der Waals surface area contributed by atoms with Crippen molar-refractivity contribution in [3.63, 3.8) is 0 Å². The number of carbonyl (C=O) groups is 1. The van der Waals surface area contributed by atoms with Crippen LogP contribution in [0.15, 0.2) is 17.3 Å². The summed E-state index contributed by atoms with van der Waals surface area (Å²) in [5, 5.41) is 8.76. The zero-order chi connectivity index (χ0) is 21.3. The summed E-state index contributed by atoms with van der Waals surface area (Å²) in [4.78, 5) is 14.8. The van der Waals surface area contributed by atoms with E-state index in [0.717, 1.165) is 5.69 Å². The predicted octanol–water partition coefficient (Wildman–Crippen LogP) is 1.66. The third-order valence-electron chi connectivity index (χ3n) is 5.50. The average Bonchev–Trinajstić information content (AvgIpc) is 3.23. The highest BCUT2D eigenvalue weighted by atomic mass is 35.5. The summed E-state index contributed by atoms with van der Waals surface area (Å²) in [6.45, 7) is 5.24. The van der Waals surface area contributed by atoms with Crippen LogP contribution in [0.2, 0.25) is 5.02 Å². The van der Waals surface area contributed by atoms with E-state index in [0.29, 0.717) is 43.2 Å². The molecule has 0 spiro atoms. The number of nitrogens with zero attached hydrogens (tertiary/aromatic N) is 6. The largest absolute Gasteiger partial charge is 0.340 e. The van der Waals surface area contributed by atoms with Gasteiger partial charge in [-0.1, -0.05) is 11.6 Å². The molecule has 9 nitrogen and oxygen atoms in total. The molecule has 1 atom stereocenters. The van der Waals surface area contributed by atoms with Gasteiger partial charge in [-0.3, -0.25) is 14.2 Å². The standard InChI is InChI=1S/C18H27ClN6O3S/c1-5-25-16(15(19)9-21-25)12-22(3)18(26)14-7-6-8-24(11-14)29(27,28)17-10-20-23(4)13(17)2/h9-10,14H,5-8,11-12H2,1-4H3/t14-/m0/s1. The first-order valence-corrected chi connectivity index (χ1v) is 11.4. The zero-order valence-corrected chi connectivity index (χ0v) is 18.7. The predicted molar refractivity (Wildman–Crippen MR) is 109 cm³/mol. The number of piperidine rings is 1. The number of hydrogen-bond acceptors (Lipinski definition) is 5. The number of hydrogen-bond donors (Lipinski definition) is 0. The second-order valence-corrected chi connectivity index (χ2v) is 9.68. The first-order chi connectivity index (χ1) is 13.7. The van der Waals surface area contributed by atoms with E-state index in [4.69, 9.17) is 11.6 Å².